The molecule has 2 aromatic rings. The number of rotatable bonds is 7. The van der Waals surface area contributed by atoms with Crippen LogP contribution in [0.3, 0.4) is 0 Å². The smallest absolute Gasteiger partial charge is 0.185 e. The SMILES string of the molecule is CN(C)CCOc1ccc(C(=O)/C=C/c2ccccc2F)cc1. The molecule has 0 unspecified atom stereocenters. The monoisotopic (exact) mass is 313 g/mol. The number of carbonyl (C=O) groups is 1. The van der Waals surface area contributed by atoms with E-state index in [1.54, 1.807) is 42.5 Å². The van der Waals surface area contributed by atoms with E-state index in [4.69, 9.17) is 4.74 Å². The van der Waals surface area contributed by atoms with Gasteiger partial charge >= 0.3 is 0 Å². The lowest BCUT2D eigenvalue weighted by Crippen LogP contribution is -2.19. The van der Waals surface area contributed by atoms with E-state index in [1.807, 2.05) is 19.0 Å². The lowest BCUT2D eigenvalue weighted by atomic mass is 10.1. The zero-order chi connectivity index (χ0) is 16.7. The minimum atomic E-state index is -0.346. The van der Waals surface area contributed by atoms with E-state index >= 15 is 0 Å². The number of benzene rings is 2. The fraction of sp³-hybridized carbons (Fsp3) is 0.211. The summed E-state index contributed by atoms with van der Waals surface area (Å²) < 4.78 is 19.1. The molecule has 2 aromatic carbocycles. The number of nitrogens with zero attached hydrogens (tertiary/aromatic N) is 1. The van der Waals surface area contributed by atoms with Gasteiger partial charge in [0.15, 0.2) is 5.78 Å². The first-order valence-corrected chi connectivity index (χ1v) is 7.41. The Morgan fingerprint density at radius 2 is 1.83 bits per heavy atom. The van der Waals surface area contributed by atoms with Crippen molar-refractivity contribution < 1.29 is 13.9 Å². The quantitative estimate of drug-likeness (QED) is 0.577. The molecule has 0 aromatic heterocycles. The average molecular weight is 313 g/mol. The minimum absolute atomic E-state index is 0.173. The molecule has 0 heterocycles. The highest BCUT2D eigenvalue weighted by atomic mass is 19.1. The number of likely N-dealkylation sites (N-methyl/N-ethyl adjacent to an activating group) is 1. The Morgan fingerprint density at radius 1 is 1.13 bits per heavy atom. The molecule has 2 rings (SSSR count). The maximum absolute atomic E-state index is 13.5. The summed E-state index contributed by atoms with van der Waals surface area (Å²) in [7, 11) is 3.96. The third kappa shape index (κ3) is 5.34. The van der Waals surface area contributed by atoms with Crippen LogP contribution in [0.25, 0.3) is 6.08 Å². The van der Waals surface area contributed by atoms with Crippen molar-refractivity contribution in [1.29, 1.82) is 0 Å². The molecule has 0 bridgehead atoms. The molecule has 0 aliphatic rings. The summed E-state index contributed by atoms with van der Waals surface area (Å²) >= 11 is 0. The maximum Gasteiger partial charge on any atom is 0.185 e. The Balaban J connectivity index is 1.96. The molecule has 0 radical (unpaired) electrons. The number of ketones is 1. The normalized spacial score (nSPS) is 11.1. The van der Waals surface area contributed by atoms with Gasteiger partial charge in [0.05, 0.1) is 0 Å². The van der Waals surface area contributed by atoms with Gasteiger partial charge in [-0.15, -0.1) is 0 Å². The zero-order valence-corrected chi connectivity index (χ0v) is 13.3. The Labute approximate surface area is 136 Å². The molecule has 23 heavy (non-hydrogen) atoms. The van der Waals surface area contributed by atoms with Crippen LogP contribution in [-0.4, -0.2) is 37.9 Å². The zero-order valence-electron chi connectivity index (χ0n) is 13.3. The molecule has 0 amide bonds. The van der Waals surface area contributed by atoms with Gasteiger partial charge in [-0.2, -0.15) is 0 Å². The van der Waals surface area contributed by atoms with E-state index in [0.717, 1.165) is 12.3 Å². The number of hydrogen-bond acceptors (Lipinski definition) is 3. The first-order valence-electron chi connectivity index (χ1n) is 7.41. The summed E-state index contributed by atoms with van der Waals surface area (Å²) in [6.07, 6.45) is 2.86. The van der Waals surface area contributed by atoms with Crippen molar-refractivity contribution in [1.82, 2.24) is 4.90 Å². The Kier molecular flexibility index (Phi) is 6.06. The van der Waals surface area contributed by atoms with Crippen molar-refractivity contribution >= 4 is 11.9 Å². The van der Waals surface area contributed by atoms with Crippen LogP contribution in [0, 0.1) is 5.82 Å². The molecule has 0 atom stereocenters. The molecular formula is C19H20FNO2. The van der Waals surface area contributed by atoms with Crippen LogP contribution in [0.15, 0.2) is 54.6 Å². The summed E-state index contributed by atoms with van der Waals surface area (Å²) in [4.78, 5) is 14.1. The lowest BCUT2D eigenvalue weighted by Gasteiger charge is -2.11. The first-order chi connectivity index (χ1) is 11.1. The van der Waals surface area contributed by atoms with Crippen LogP contribution in [0.5, 0.6) is 5.75 Å². The van der Waals surface area contributed by atoms with Gasteiger partial charge in [0.1, 0.15) is 18.2 Å². The number of allylic oxidation sites excluding steroid dienone is 1. The minimum Gasteiger partial charge on any atom is -0.492 e. The van der Waals surface area contributed by atoms with Gasteiger partial charge in [0.2, 0.25) is 0 Å². The third-order valence-corrected chi connectivity index (χ3v) is 3.27. The predicted octanol–water partition coefficient (Wildman–Crippen LogP) is 3.66. The summed E-state index contributed by atoms with van der Waals surface area (Å²) in [5, 5.41) is 0. The highest BCUT2D eigenvalue weighted by molar-refractivity contribution is 6.06. The summed E-state index contributed by atoms with van der Waals surface area (Å²) in [6.45, 7) is 1.42. The molecule has 3 nitrogen and oxygen atoms in total. The van der Waals surface area contributed by atoms with Gasteiger partial charge < -0.3 is 9.64 Å². The van der Waals surface area contributed by atoms with Gasteiger partial charge in [0.25, 0.3) is 0 Å². The third-order valence-electron chi connectivity index (χ3n) is 3.27. The number of ether oxygens (including phenoxy) is 1. The lowest BCUT2D eigenvalue weighted by molar-refractivity contribution is 0.104. The second kappa shape index (κ2) is 8.25. The fourth-order valence-corrected chi connectivity index (χ4v) is 1.93. The Morgan fingerprint density at radius 3 is 2.48 bits per heavy atom. The van der Waals surface area contributed by atoms with Gasteiger partial charge in [-0.05, 0) is 56.6 Å². The Hall–Kier alpha value is -2.46. The second-order valence-corrected chi connectivity index (χ2v) is 5.40. The highest BCUT2D eigenvalue weighted by Gasteiger charge is 2.03. The van der Waals surface area contributed by atoms with Crippen molar-refractivity contribution in [3.8, 4) is 5.75 Å². The van der Waals surface area contributed by atoms with Crippen LogP contribution in [0.1, 0.15) is 15.9 Å². The molecular weight excluding hydrogens is 293 g/mol. The molecule has 0 saturated carbocycles. The first kappa shape index (κ1) is 16.9. The van der Waals surface area contributed by atoms with Gasteiger partial charge in [0, 0.05) is 17.7 Å². The highest BCUT2D eigenvalue weighted by Crippen LogP contribution is 2.14. The number of hydrogen-bond donors (Lipinski definition) is 0. The van der Waals surface area contributed by atoms with E-state index < -0.39 is 0 Å². The molecule has 120 valence electrons. The Bertz CT molecular complexity index is 678. The molecule has 0 spiro atoms. The summed E-state index contributed by atoms with van der Waals surface area (Å²) in [5.41, 5.74) is 0.932. The van der Waals surface area contributed by atoms with E-state index in [9.17, 15) is 9.18 Å². The number of halogens is 1. The second-order valence-electron chi connectivity index (χ2n) is 5.40. The van der Waals surface area contributed by atoms with E-state index in [1.165, 1.54) is 18.2 Å². The van der Waals surface area contributed by atoms with E-state index in [2.05, 4.69) is 0 Å². The van der Waals surface area contributed by atoms with E-state index in [0.29, 0.717) is 17.7 Å². The molecule has 0 N–H and O–H groups in total. The van der Waals surface area contributed by atoms with Crippen molar-refractivity contribution in [2.24, 2.45) is 0 Å². The van der Waals surface area contributed by atoms with Crippen molar-refractivity contribution in [2.75, 3.05) is 27.2 Å². The summed E-state index contributed by atoms with van der Waals surface area (Å²) in [5.74, 6) is 0.204. The van der Waals surface area contributed by atoms with Crippen LogP contribution in [-0.2, 0) is 0 Å². The molecule has 4 heteroatoms. The van der Waals surface area contributed by atoms with Gasteiger partial charge in [-0.1, -0.05) is 18.2 Å². The van der Waals surface area contributed by atoms with Crippen molar-refractivity contribution in [3.63, 3.8) is 0 Å². The fourth-order valence-electron chi connectivity index (χ4n) is 1.93. The van der Waals surface area contributed by atoms with E-state index in [-0.39, 0.29) is 11.6 Å². The average Bonchev–Trinajstić information content (AvgIpc) is 2.54. The maximum atomic E-state index is 13.5. The van der Waals surface area contributed by atoms with Crippen molar-refractivity contribution in [3.05, 3.63) is 71.6 Å². The molecule has 0 aliphatic heterocycles. The number of carbonyl (C=O) groups excluding carboxylic acids is 1. The van der Waals surface area contributed by atoms with Crippen LogP contribution >= 0.6 is 0 Å². The predicted molar refractivity (Wildman–Crippen MR) is 90.3 cm³/mol. The van der Waals surface area contributed by atoms with Crippen molar-refractivity contribution in [2.45, 2.75) is 0 Å². The molecule has 0 saturated heterocycles. The largest absolute Gasteiger partial charge is 0.492 e. The summed E-state index contributed by atoms with van der Waals surface area (Å²) in [6, 6.07) is 13.3. The van der Waals surface area contributed by atoms with Gasteiger partial charge in [-0.25, -0.2) is 4.39 Å². The topological polar surface area (TPSA) is 29.5 Å². The van der Waals surface area contributed by atoms with Gasteiger partial charge in [-0.3, -0.25) is 4.79 Å². The molecule has 0 fully saturated rings. The van der Waals surface area contributed by atoms with Crippen LogP contribution in [0.4, 0.5) is 4.39 Å². The van der Waals surface area contributed by atoms with Crippen LogP contribution < -0.4 is 4.74 Å². The molecule has 0 aliphatic carbocycles. The standard InChI is InChI=1S/C19H20FNO2/c1-21(2)13-14-23-17-10-7-16(8-11-17)19(22)12-9-15-5-3-4-6-18(15)20/h3-12H,13-14H2,1-2H3/b12-9+. The van der Waals surface area contributed by atoms with Crippen LogP contribution in [0.2, 0.25) is 0 Å².